The third kappa shape index (κ3) is 5.72. The molecular formula is C16H27N3O. The molecule has 0 aliphatic carbocycles. The first kappa shape index (κ1) is 16.7. The Hall–Kier alpha value is -1.39. The van der Waals surface area contributed by atoms with Gasteiger partial charge in [0.2, 0.25) is 5.91 Å². The summed E-state index contributed by atoms with van der Waals surface area (Å²) in [7, 11) is 0. The number of carbonyl (C=O) groups excluding carboxylic acids is 1. The van der Waals surface area contributed by atoms with E-state index in [2.05, 4.69) is 30.9 Å². The summed E-state index contributed by atoms with van der Waals surface area (Å²) in [6.45, 7) is 8.47. The fourth-order valence-electron chi connectivity index (χ4n) is 2.12. The number of benzene rings is 1. The molecule has 4 heteroatoms. The highest BCUT2D eigenvalue weighted by atomic mass is 16.2. The van der Waals surface area contributed by atoms with E-state index in [1.807, 2.05) is 23.1 Å². The molecule has 0 aromatic heterocycles. The minimum Gasteiger partial charge on any atom is -0.337 e. The van der Waals surface area contributed by atoms with Gasteiger partial charge >= 0.3 is 0 Å². The average Bonchev–Trinajstić information content (AvgIpc) is 2.49. The van der Waals surface area contributed by atoms with Crippen LogP contribution >= 0.6 is 0 Å². The molecular weight excluding hydrogens is 250 g/mol. The van der Waals surface area contributed by atoms with Crippen molar-refractivity contribution in [3.63, 3.8) is 0 Å². The zero-order chi connectivity index (χ0) is 14.8. The van der Waals surface area contributed by atoms with Crippen molar-refractivity contribution < 1.29 is 4.79 Å². The van der Waals surface area contributed by atoms with Crippen molar-refractivity contribution >= 4 is 5.91 Å². The summed E-state index contributed by atoms with van der Waals surface area (Å²) >= 11 is 0. The molecule has 0 spiro atoms. The Morgan fingerprint density at radius 1 is 1.15 bits per heavy atom. The van der Waals surface area contributed by atoms with E-state index >= 15 is 0 Å². The minimum absolute atomic E-state index is 0.186. The lowest BCUT2D eigenvalue weighted by atomic mass is 10.2. The standard InChI is InChI=1S/C16H27N3O/c1-3-18(4-2)14-16(20)19(12-8-11-17)13-15-9-6-5-7-10-15/h5-7,9-10H,3-4,8,11-14,17H2,1-2H3. The third-order valence-corrected chi connectivity index (χ3v) is 3.45. The molecule has 1 aromatic rings. The summed E-state index contributed by atoms with van der Waals surface area (Å²) in [6.07, 6.45) is 0.844. The monoisotopic (exact) mass is 277 g/mol. The van der Waals surface area contributed by atoms with Crippen LogP contribution in [0.5, 0.6) is 0 Å². The third-order valence-electron chi connectivity index (χ3n) is 3.45. The number of amides is 1. The highest BCUT2D eigenvalue weighted by molar-refractivity contribution is 5.78. The minimum atomic E-state index is 0.186. The van der Waals surface area contributed by atoms with E-state index in [-0.39, 0.29) is 5.91 Å². The van der Waals surface area contributed by atoms with E-state index in [1.54, 1.807) is 0 Å². The molecule has 1 rings (SSSR count). The summed E-state index contributed by atoms with van der Waals surface area (Å²) in [5.41, 5.74) is 6.74. The van der Waals surface area contributed by atoms with Crippen LogP contribution in [-0.2, 0) is 11.3 Å². The fourth-order valence-corrected chi connectivity index (χ4v) is 2.12. The molecule has 0 aliphatic heterocycles. The van der Waals surface area contributed by atoms with Crippen LogP contribution in [0.1, 0.15) is 25.8 Å². The zero-order valence-electron chi connectivity index (χ0n) is 12.7. The summed E-state index contributed by atoms with van der Waals surface area (Å²) in [4.78, 5) is 16.5. The molecule has 0 fully saturated rings. The van der Waals surface area contributed by atoms with Gasteiger partial charge in [-0.2, -0.15) is 0 Å². The largest absolute Gasteiger partial charge is 0.337 e. The van der Waals surface area contributed by atoms with Gasteiger partial charge in [0.05, 0.1) is 6.54 Å². The second-order valence-electron chi connectivity index (χ2n) is 4.90. The molecule has 0 atom stereocenters. The Bertz CT molecular complexity index is 377. The second kappa shape index (κ2) is 9.50. The highest BCUT2D eigenvalue weighted by Gasteiger charge is 2.15. The van der Waals surface area contributed by atoms with Gasteiger partial charge in [-0.3, -0.25) is 9.69 Å². The number of hydrogen-bond donors (Lipinski definition) is 1. The van der Waals surface area contributed by atoms with E-state index in [4.69, 9.17) is 5.73 Å². The van der Waals surface area contributed by atoms with Crippen molar-refractivity contribution in [1.29, 1.82) is 0 Å². The lowest BCUT2D eigenvalue weighted by molar-refractivity contribution is -0.133. The number of likely N-dealkylation sites (N-methyl/N-ethyl adjacent to an activating group) is 1. The topological polar surface area (TPSA) is 49.6 Å². The van der Waals surface area contributed by atoms with E-state index in [0.29, 0.717) is 19.6 Å². The van der Waals surface area contributed by atoms with Crippen LogP contribution in [0.2, 0.25) is 0 Å². The molecule has 2 N–H and O–H groups in total. The molecule has 4 nitrogen and oxygen atoms in total. The molecule has 0 saturated carbocycles. The van der Waals surface area contributed by atoms with E-state index in [0.717, 1.165) is 31.6 Å². The maximum atomic E-state index is 12.4. The summed E-state index contributed by atoms with van der Waals surface area (Å²) in [5.74, 6) is 0.186. The Morgan fingerprint density at radius 2 is 1.80 bits per heavy atom. The lowest BCUT2D eigenvalue weighted by Gasteiger charge is -2.26. The summed E-state index contributed by atoms with van der Waals surface area (Å²) < 4.78 is 0. The number of hydrogen-bond acceptors (Lipinski definition) is 3. The van der Waals surface area contributed by atoms with E-state index < -0.39 is 0 Å². The van der Waals surface area contributed by atoms with Crippen molar-refractivity contribution in [3.8, 4) is 0 Å². The van der Waals surface area contributed by atoms with Crippen molar-refractivity contribution in [3.05, 3.63) is 35.9 Å². The van der Waals surface area contributed by atoms with E-state index in [9.17, 15) is 4.79 Å². The Labute approximate surface area is 122 Å². The van der Waals surface area contributed by atoms with Gasteiger partial charge in [-0.15, -0.1) is 0 Å². The highest BCUT2D eigenvalue weighted by Crippen LogP contribution is 2.06. The van der Waals surface area contributed by atoms with Crippen LogP contribution in [0.15, 0.2) is 30.3 Å². The van der Waals surface area contributed by atoms with Crippen LogP contribution < -0.4 is 5.73 Å². The predicted molar refractivity (Wildman–Crippen MR) is 83.3 cm³/mol. The number of carbonyl (C=O) groups is 1. The van der Waals surface area contributed by atoms with Gasteiger partial charge in [-0.1, -0.05) is 44.2 Å². The van der Waals surface area contributed by atoms with Gasteiger partial charge in [0.25, 0.3) is 0 Å². The molecule has 1 aromatic carbocycles. The van der Waals surface area contributed by atoms with Crippen molar-refractivity contribution in [2.24, 2.45) is 5.73 Å². The van der Waals surface area contributed by atoms with Crippen LogP contribution in [0, 0.1) is 0 Å². The predicted octanol–water partition coefficient (Wildman–Crippen LogP) is 1.71. The Balaban J connectivity index is 2.65. The van der Waals surface area contributed by atoms with Gasteiger partial charge in [0, 0.05) is 13.1 Å². The van der Waals surface area contributed by atoms with Gasteiger partial charge in [-0.05, 0) is 31.6 Å². The quantitative estimate of drug-likeness (QED) is 0.747. The van der Waals surface area contributed by atoms with Crippen LogP contribution in [0.25, 0.3) is 0 Å². The number of rotatable bonds is 9. The molecule has 0 radical (unpaired) electrons. The molecule has 20 heavy (non-hydrogen) atoms. The maximum absolute atomic E-state index is 12.4. The Kier molecular flexibility index (Phi) is 7.92. The first-order chi connectivity index (χ1) is 9.71. The van der Waals surface area contributed by atoms with E-state index in [1.165, 1.54) is 0 Å². The van der Waals surface area contributed by atoms with Gasteiger partial charge in [0.1, 0.15) is 0 Å². The SMILES string of the molecule is CCN(CC)CC(=O)N(CCCN)Cc1ccccc1. The smallest absolute Gasteiger partial charge is 0.237 e. The second-order valence-corrected chi connectivity index (χ2v) is 4.90. The Morgan fingerprint density at radius 3 is 2.35 bits per heavy atom. The molecule has 0 bridgehead atoms. The fraction of sp³-hybridized carbons (Fsp3) is 0.562. The maximum Gasteiger partial charge on any atom is 0.237 e. The van der Waals surface area contributed by atoms with Gasteiger partial charge in [0.15, 0.2) is 0 Å². The molecule has 0 heterocycles. The summed E-state index contributed by atoms with van der Waals surface area (Å²) in [5, 5.41) is 0. The average molecular weight is 277 g/mol. The first-order valence-electron chi connectivity index (χ1n) is 7.45. The van der Waals surface area contributed by atoms with Crippen molar-refractivity contribution in [2.45, 2.75) is 26.8 Å². The molecule has 0 saturated heterocycles. The van der Waals surface area contributed by atoms with Gasteiger partial charge < -0.3 is 10.6 Å². The van der Waals surface area contributed by atoms with Crippen molar-refractivity contribution in [2.75, 3.05) is 32.7 Å². The number of nitrogens with zero attached hydrogens (tertiary/aromatic N) is 2. The zero-order valence-corrected chi connectivity index (χ0v) is 12.7. The van der Waals surface area contributed by atoms with Crippen LogP contribution in [-0.4, -0.2) is 48.4 Å². The van der Waals surface area contributed by atoms with Crippen molar-refractivity contribution in [1.82, 2.24) is 9.80 Å². The first-order valence-corrected chi connectivity index (χ1v) is 7.45. The molecule has 0 aliphatic rings. The molecule has 112 valence electrons. The normalized spacial score (nSPS) is 10.8. The lowest BCUT2D eigenvalue weighted by Crippen LogP contribution is -2.40. The van der Waals surface area contributed by atoms with Crippen LogP contribution in [0.3, 0.4) is 0 Å². The van der Waals surface area contributed by atoms with Crippen LogP contribution in [0.4, 0.5) is 0 Å². The number of nitrogens with two attached hydrogens (primary N) is 1. The molecule has 0 unspecified atom stereocenters. The summed E-state index contributed by atoms with van der Waals surface area (Å²) in [6, 6.07) is 10.1. The van der Waals surface area contributed by atoms with Gasteiger partial charge in [-0.25, -0.2) is 0 Å². The molecule has 1 amide bonds.